The standard InChI is InChI=1S/C24H15F3N4O2S2/c25-24(26,27)16-7-4-8-18(11-16)30-21-10-9-19(31(32)33)12-20(21)29-23(30)35-14-17-13-34-22(28-17)15-5-2-1-3-6-15/h1-13H,14H2. The van der Waals surface area contributed by atoms with Gasteiger partial charge in [0, 0.05) is 34.5 Å². The smallest absolute Gasteiger partial charge is 0.287 e. The third-order valence-corrected chi connectivity index (χ3v) is 7.08. The molecule has 35 heavy (non-hydrogen) atoms. The minimum atomic E-state index is -4.51. The van der Waals surface area contributed by atoms with Gasteiger partial charge in [0.05, 0.1) is 27.2 Å². The lowest BCUT2D eigenvalue weighted by Crippen LogP contribution is -2.06. The number of imidazole rings is 1. The number of fused-ring (bicyclic) bond motifs is 1. The molecule has 0 amide bonds. The van der Waals surface area contributed by atoms with E-state index in [4.69, 9.17) is 0 Å². The van der Waals surface area contributed by atoms with Crippen molar-refractivity contribution in [2.24, 2.45) is 0 Å². The quantitative estimate of drug-likeness (QED) is 0.135. The van der Waals surface area contributed by atoms with Crippen LogP contribution in [-0.4, -0.2) is 19.5 Å². The number of thioether (sulfide) groups is 1. The minimum Gasteiger partial charge on any atom is -0.287 e. The summed E-state index contributed by atoms with van der Waals surface area (Å²) in [5.74, 6) is 0.424. The average Bonchev–Trinajstić information content (AvgIpc) is 3.47. The molecule has 0 aliphatic carbocycles. The Balaban J connectivity index is 1.53. The Bertz CT molecular complexity index is 1530. The number of non-ortho nitro benzene ring substituents is 1. The van der Waals surface area contributed by atoms with Gasteiger partial charge in [-0.2, -0.15) is 13.2 Å². The highest BCUT2D eigenvalue weighted by Crippen LogP contribution is 2.35. The number of aromatic nitrogens is 3. The van der Waals surface area contributed by atoms with Crippen molar-refractivity contribution >= 4 is 39.8 Å². The molecule has 2 heterocycles. The van der Waals surface area contributed by atoms with Crippen LogP contribution in [0, 0.1) is 10.1 Å². The first-order chi connectivity index (χ1) is 16.8. The molecular formula is C24H15F3N4O2S2. The first-order valence-corrected chi connectivity index (χ1v) is 12.1. The number of alkyl halides is 3. The van der Waals surface area contributed by atoms with Gasteiger partial charge in [0.25, 0.3) is 5.69 Å². The Morgan fingerprint density at radius 1 is 1.00 bits per heavy atom. The minimum absolute atomic E-state index is 0.144. The van der Waals surface area contributed by atoms with Gasteiger partial charge in [-0.1, -0.05) is 48.2 Å². The zero-order valence-electron chi connectivity index (χ0n) is 17.8. The van der Waals surface area contributed by atoms with Crippen LogP contribution in [0.25, 0.3) is 27.3 Å². The van der Waals surface area contributed by atoms with Crippen molar-refractivity contribution in [1.29, 1.82) is 0 Å². The van der Waals surface area contributed by atoms with Crippen LogP contribution in [0.3, 0.4) is 0 Å². The van der Waals surface area contributed by atoms with E-state index in [1.165, 1.54) is 47.4 Å². The molecule has 11 heteroatoms. The molecule has 0 saturated carbocycles. The molecule has 0 aliphatic heterocycles. The maximum absolute atomic E-state index is 13.4. The number of hydrogen-bond acceptors (Lipinski definition) is 6. The van der Waals surface area contributed by atoms with Gasteiger partial charge in [0.2, 0.25) is 0 Å². The van der Waals surface area contributed by atoms with Gasteiger partial charge in [0.1, 0.15) is 5.01 Å². The highest BCUT2D eigenvalue weighted by Gasteiger charge is 2.31. The molecular weight excluding hydrogens is 497 g/mol. The summed E-state index contributed by atoms with van der Waals surface area (Å²) in [6.07, 6.45) is -4.51. The predicted octanol–water partition coefficient (Wildman–Crippen LogP) is 7.37. The maximum atomic E-state index is 13.4. The summed E-state index contributed by atoms with van der Waals surface area (Å²) in [6, 6.07) is 18.8. The molecule has 0 atom stereocenters. The number of thiazole rings is 1. The van der Waals surface area contributed by atoms with Gasteiger partial charge in [-0.05, 0) is 24.3 Å². The van der Waals surface area contributed by atoms with Gasteiger partial charge in [-0.25, -0.2) is 9.97 Å². The predicted molar refractivity (Wildman–Crippen MR) is 130 cm³/mol. The Labute approximate surface area is 205 Å². The van der Waals surface area contributed by atoms with Gasteiger partial charge < -0.3 is 0 Å². The van der Waals surface area contributed by atoms with Crippen LogP contribution in [0.4, 0.5) is 18.9 Å². The third-order valence-electron chi connectivity index (χ3n) is 5.17. The van der Waals surface area contributed by atoms with Crippen LogP contribution in [0.2, 0.25) is 0 Å². The van der Waals surface area contributed by atoms with Crippen molar-refractivity contribution in [2.75, 3.05) is 0 Å². The van der Waals surface area contributed by atoms with Crippen molar-refractivity contribution in [2.45, 2.75) is 17.1 Å². The molecule has 0 bridgehead atoms. The highest BCUT2D eigenvalue weighted by atomic mass is 32.2. The molecule has 0 unspecified atom stereocenters. The third kappa shape index (κ3) is 4.77. The van der Waals surface area contributed by atoms with E-state index >= 15 is 0 Å². The van der Waals surface area contributed by atoms with Gasteiger partial charge in [-0.15, -0.1) is 11.3 Å². The van der Waals surface area contributed by atoms with E-state index in [1.54, 1.807) is 10.6 Å². The van der Waals surface area contributed by atoms with Crippen LogP contribution in [0.15, 0.2) is 83.3 Å². The van der Waals surface area contributed by atoms with E-state index < -0.39 is 16.7 Å². The largest absolute Gasteiger partial charge is 0.416 e. The summed E-state index contributed by atoms with van der Waals surface area (Å²) in [4.78, 5) is 19.9. The van der Waals surface area contributed by atoms with Crippen LogP contribution < -0.4 is 0 Å². The van der Waals surface area contributed by atoms with Crippen LogP contribution in [-0.2, 0) is 11.9 Å². The molecule has 0 saturated heterocycles. The zero-order chi connectivity index (χ0) is 24.6. The number of nitrogens with zero attached hydrogens (tertiary/aromatic N) is 4. The fourth-order valence-corrected chi connectivity index (χ4v) is 5.40. The maximum Gasteiger partial charge on any atom is 0.416 e. The second-order valence-electron chi connectivity index (χ2n) is 7.51. The Morgan fingerprint density at radius 2 is 1.80 bits per heavy atom. The van der Waals surface area contributed by atoms with E-state index in [2.05, 4.69) is 9.97 Å². The Hall–Kier alpha value is -3.70. The topological polar surface area (TPSA) is 73.8 Å². The molecule has 3 aromatic carbocycles. The normalized spacial score (nSPS) is 11.7. The Morgan fingerprint density at radius 3 is 2.54 bits per heavy atom. The number of halogens is 3. The summed E-state index contributed by atoms with van der Waals surface area (Å²) < 4.78 is 41.7. The summed E-state index contributed by atoms with van der Waals surface area (Å²) >= 11 is 2.80. The van der Waals surface area contributed by atoms with Crippen LogP contribution >= 0.6 is 23.1 Å². The molecule has 0 fully saturated rings. The van der Waals surface area contributed by atoms with E-state index in [-0.39, 0.29) is 11.4 Å². The first-order valence-electron chi connectivity index (χ1n) is 10.3. The molecule has 6 nitrogen and oxygen atoms in total. The van der Waals surface area contributed by atoms with Gasteiger partial charge in [-0.3, -0.25) is 14.7 Å². The van der Waals surface area contributed by atoms with E-state index in [1.807, 2.05) is 35.7 Å². The average molecular weight is 513 g/mol. The fourth-order valence-electron chi connectivity index (χ4n) is 3.55. The number of benzene rings is 3. The van der Waals surface area contributed by atoms with E-state index in [0.717, 1.165) is 28.4 Å². The van der Waals surface area contributed by atoms with E-state index in [9.17, 15) is 23.3 Å². The number of rotatable bonds is 6. The van der Waals surface area contributed by atoms with Gasteiger partial charge >= 0.3 is 6.18 Å². The summed E-state index contributed by atoms with van der Waals surface area (Å²) in [5, 5.41) is 14.4. The molecule has 0 radical (unpaired) electrons. The summed E-state index contributed by atoms with van der Waals surface area (Å²) in [5.41, 5.74) is 1.92. The fraction of sp³-hybridized carbons (Fsp3) is 0.0833. The highest BCUT2D eigenvalue weighted by molar-refractivity contribution is 7.98. The van der Waals surface area contributed by atoms with Crippen LogP contribution in [0.1, 0.15) is 11.3 Å². The van der Waals surface area contributed by atoms with E-state index in [0.29, 0.717) is 21.9 Å². The lowest BCUT2D eigenvalue weighted by molar-refractivity contribution is -0.384. The van der Waals surface area contributed by atoms with Crippen molar-refractivity contribution in [3.8, 4) is 16.3 Å². The SMILES string of the molecule is O=[N+]([O-])c1ccc2c(c1)nc(SCc1csc(-c3ccccc3)n1)n2-c1cccc(C(F)(F)F)c1. The van der Waals surface area contributed by atoms with Crippen molar-refractivity contribution in [1.82, 2.24) is 14.5 Å². The number of hydrogen-bond donors (Lipinski definition) is 0. The van der Waals surface area contributed by atoms with Crippen molar-refractivity contribution in [3.05, 3.63) is 99.5 Å². The van der Waals surface area contributed by atoms with Gasteiger partial charge in [0.15, 0.2) is 5.16 Å². The molecule has 5 aromatic rings. The zero-order valence-corrected chi connectivity index (χ0v) is 19.4. The molecule has 0 spiro atoms. The molecule has 0 aliphatic rings. The number of nitro groups is 1. The van der Waals surface area contributed by atoms with Crippen LogP contribution in [0.5, 0.6) is 0 Å². The van der Waals surface area contributed by atoms with Crippen molar-refractivity contribution in [3.63, 3.8) is 0 Å². The molecule has 176 valence electrons. The monoisotopic (exact) mass is 512 g/mol. The number of nitro benzene ring substituents is 1. The second-order valence-corrected chi connectivity index (χ2v) is 9.31. The second kappa shape index (κ2) is 9.16. The van der Waals surface area contributed by atoms with Crippen molar-refractivity contribution < 1.29 is 18.1 Å². The summed E-state index contributed by atoms with van der Waals surface area (Å²) in [6.45, 7) is 0. The lowest BCUT2D eigenvalue weighted by atomic mass is 10.2. The first kappa shape index (κ1) is 23.1. The molecule has 2 aromatic heterocycles. The Kier molecular flexibility index (Phi) is 6.03. The summed E-state index contributed by atoms with van der Waals surface area (Å²) in [7, 11) is 0. The molecule has 0 N–H and O–H groups in total. The molecule has 5 rings (SSSR count). The lowest BCUT2D eigenvalue weighted by Gasteiger charge is -2.12.